The fourth-order valence-electron chi connectivity index (χ4n) is 2.54. The number of amides is 1. The molecule has 1 aliphatic heterocycles. The Morgan fingerprint density at radius 3 is 2.50 bits per heavy atom. The van der Waals surface area contributed by atoms with Crippen LogP contribution in [0.25, 0.3) is 0 Å². The molecule has 18 heavy (non-hydrogen) atoms. The van der Waals surface area contributed by atoms with Gasteiger partial charge in [0.25, 0.3) is 0 Å². The smallest absolute Gasteiger partial charge is 0.410 e. The van der Waals surface area contributed by atoms with Crippen LogP contribution in [0.4, 0.5) is 4.79 Å². The summed E-state index contributed by atoms with van der Waals surface area (Å²) in [6.45, 7) is 13.7. The molecule has 0 aliphatic carbocycles. The summed E-state index contributed by atoms with van der Waals surface area (Å²) in [7, 11) is 0. The fourth-order valence-corrected chi connectivity index (χ4v) is 2.54. The van der Waals surface area contributed by atoms with E-state index in [1.54, 1.807) is 0 Å². The first-order chi connectivity index (χ1) is 8.11. The number of rotatable bonds is 2. The van der Waals surface area contributed by atoms with E-state index < -0.39 is 5.60 Å². The van der Waals surface area contributed by atoms with Crippen molar-refractivity contribution in [3.8, 4) is 0 Å². The minimum Gasteiger partial charge on any atom is -0.444 e. The molecule has 4 nitrogen and oxygen atoms in total. The molecule has 1 rings (SSSR count). The van der Waals surface area contributed by atoms with E-state index in [0.29, 0.717) is 6.04 Å². The summed E-state index contributed by atoms with van der Waals surface area (Å²) in [5.74, 6) is 0. The lowest BCUT2D eigenvalue weighted by Gasteiger charge is -2.42. The minimum absolute atomic E-state index is 0.00329. The van der Waals surface area contributed by atoms with Crippen molar-refractivity contribution in [1.29, 1.82) is 0 Å². The summed E-state index contributed by atoms with van der Waals surface area (Å²) < 4.78 is 5.43. The van der Waals surface area contributed by atoms with E-state index in [4.69, 9.17) is 4.74 Å². The first kappa shape index (κ1) is 15.3. The Bertz CT molecular complexity index is 297. The largest absolute Gasteiger partial charge is 0.444 e. The van der Waals surface area contributed by atoms with E-state index in [0.717, 1.165) is 25.9 Å². The van der Waals surface area contributed by atoms with E-state index in [2.05, 4.69) is 26.1 Å². The Balaban J connectivity index is 2.61. The third-order valence-electron chi connectivity index (χ3n) is 2.99. The lowest BCUT2D eigenvalue weighted by atomic mass is 9.90. The molecule has 0 aromatic rings. The molecule has 106 valence electrons. The number of ether oxygens (including phenoxy) is 1. The summed E-state index contributed by atoms with van der Waals surface area (Å²) in [6, 6.07) is 0.425. The van der Waals surface area contributed by atoms with Crippen LogP contribution in [0.15, 0.2) is 0 Å². The maximum absolute atomic E-state index is 12.1. The van der Waals surface area contributed by atoms with Gasteiger partial charge in [-0.3, -0.25) is 0 Å². The maximum atomic E-state index is 12.1. The zero-order chi connectivity index (χ0) is 14.0. The molecule has 0 aromatic carbocycles. The molecule has 0 spiro atoms. The van der Waals surface area contributed by atoms with E-state index >= 15 is 0 Å². The molecular formula is C14H28N2O2. The number of likely N-dealkylation sites (tertiary alicyclic amines) is 1. The SMILES string of the molecule is CC(C)NC1(C)CCCN(C(=O)OC(C)(C)C)C1. The number of hydrogen-bond donors (Lipinski definition) is 1. The van der Waals surface area contributed by atoms with Crippen molar-refractivity contribution < 1.29 is 9.53 Å². The Kier molecular flexibility index (Phi) is 4.65. The molecule has 1 fully saturated rings. The predicted molar refractivity (Wildman–Crippen MR) is 73.7 cm³/mol. The second kappa shape index (κ2) is 5.47. The average Bonchev–Trinajstić information content (AvgIpc) is 2.12. The highest BCUT2D eigenvalue weighted by Crippen LogP contribution is 2.23. The van der Waals surface area contributed by atoms with Gasteiger partial charge in [0.05, 0.1) is 0 Å². The Hall–Kier alpha value is -0.770. The Labute approximate surface area is 111 Å². The van der Waals surface area contributed by atoms with E-state index in [-0.39, 0.29) is 11.6 Å². The maximum Gasteiger partial charge on any atom is 0.410 e. The number of piperidine rings is 1. The van der Waals surface area contributed by atoms with Crippen molar-refractivity contribution in [3.05, 3.63) is 0 Å². The zero-order valence-corrected chi connectivity index (χ0v) is 12.7. The van der Waals surface area contributed by atoms with Gasteiger partial charge in [0.15, 0.2) is 0 Å². The van der Waals surface area contributed by atoms with Gasteiger partial charge in [-0.05, 0) is 40.5 Å². The van der Waals surface area contributed by atoms with Crippen LogP contribution in [0.3, 0.4) is 0 Å². The monoisotopic (exact) mass is 256 g/mol. The van der Waals surface area contributed by atoms with Crippen LogP contribution in [-0.2, 0) is 4.74 Å². The number of nitrogens with one attached hydrogen (secondary N) is 1. The first-order valence-electron chi connectivity index (χ1n) is 6.87. The molecule has 0 aromatic heterocycles. The first-order valence-corrected chi connectivity index (χ1v) is 6.87. The van der Waals surface area contributed by atoms with E-state index in [1.807, 2.05) is 25.7 Å². The van der Waals surface area contributed by atoms with E-state index in [9.17, 15) is 4.79 Å². The molecule has 1 N–H and O–H groups in total. The fraction of sp³-hybridized carbons (Fsp3) is 0.929. The summed E-state index contributed by atoms with van der Waals surface area (Å²) >= 11 is 0. The highest BCUT2D eigenvalue weighted by atomic mass is 16.6. The van der Waals surface area contributed by atoms with Crippen LogP contribution in [0.2, 0.25) is 0 Å². The van der Waals surface area contributed by atoms with Crippen LogP contribution in [0.5, 0.6) is 0 Å². The summed E-state index contributed by atoms with van der Waals surface area (Å²) in [5.41, 5.74) is -0.417. The van der Waals surface area contributed by atoms with Gasteiger partial charge < -0.3 is 15.0 Å². The van der Waals surface area contributed by atoms with Gasteiger partial charge in [-0.15, -0.1) is 0 Å². The normalized spacial score (nSPS) is 25.4. The quantitative estimate of drug-likeness (QED) is 0.826. The highest BCUT2D eigenvalue weighted by Gasteiger charge is 2.34. The molecular weight excluding hydrogens is 228 g/mol. The van der Waals surface area contributed by atoms with Gasteiger partial charge in [0.1, 0.15) is 5.60 Å². The van der Waals surface area contributed by atoms with Crippen molar-refractivity contribution in [2.45, 2.75) is 71.6 Å². The van der Waals surface area contributed by atoms with Crippen molar-refractivity contribution in [2.75, 3.05) is 13.1 Å². The number of nitrogens with zero attached hydrogens (tertiary/aromatic N) is 1. The Morgan fingerprint density at radius 2 is 2.00 bits per heavy atom. The molecule has 1 atom stereocenters. The average molecular weight is 256 g/mol. The van der Waals surface area contributed by atoms with Gasteiger partial charge in [0.2, 0.25) is 0 Å². The van der Waals surface area contributed by atoms with Crippen LogP contribution < -0.4 is 5.32 Å². The number of hydrogen-bond acceptors (Lipinski definition) is 3. The lowest BCUT2D eigenvalue weighted by molar-refractivity contribution is 0.0116. The van der Waals surface area contributed by atoms with Crippen LogP contribution >= 0.6 is 0 Å². The Morgan fingerprint density at radius 1 is 1.39 bits per heavy atom. The van der Waals surface area contributed by atoms with Crippen molar-refractivity contribution in [1.82, 2.24) is 10.2 Å². The summed E-state index contributed by atoms with van der Waals surface area (Å²) in [5, 5.41) is 3.56. The second-order valence-corrected chi connectivity index (χ2v) is 6.87. The lowest BCUT2D eigenvalue weighted by Crippen LogP contribution is -2.58. The van der Waals surface area contributed by atoms with Crippen molar-refractivity contribution >= 4 is 6.09 Å². The van der Waals surface area contributed by atoms with Gasteiger partial charge in [-0.2, -0.15) is 0 Å². The molecule has 1 heterocycles. The van der Waals surface area contributed by atoms with Gasteiger partial charge in [-0.1, -0.05) is 13.8 Å². The van der Waals surface area contributed by atoms with Gasteiger partial charge >= 0.3 is 6.09 Å². The third-order valence-corrected chi connectivity index (χ3v) is 2.99. The molecule has 4 heteroatoms. The van der Waals surface area contributed by atoms with Crippen molar-refractivity contribution in [2.24, 2.45) is 0 Å². The predicted octanol–water partition coefficient (Wildman–Crippen LogP) is 2.77. The summed E-state index contributed by atoms with van der Waals surface area (Å²) in [4.78, 5) is 13.9. The van der Waals surface area contributed by atoms with E-state index in [1.165, 1.54) is 0 Å². The molecule has 1 unspecified atom stereocenters. The minimum atomic E-state index is -0.420. The van der Waals surface area contributed by atoms with Crippen molar-refractivity contribution in [3.63, 3.8) is 0 Å². The number of carbonyl (C=O) groups is 1. The molecule has 1 aliphatic rings. The van der Waals surface area contributed by atoms with Crippen LogP contribution in [0.1, 0.15) is 54.4 Å². The molecule has 0 radical (unpaired) electrons. The summed E-state index contributed by atoms with van der Waals surface area (Å²) in [6.07, 6.45) is 1.93. The topological polar surface area (TPSA) is 41.6 Å². The third kappa shape index (κ3) is 4.84. The van der Waals surface area contributed by atoms with Gasteiger partial charge in [-0.25, -0.2) is 4.79 Å². The standard InChI is InChI=1S/C14H28N2O2/c1-11(2)15-14(6)8-7-9-16(10-14)12(17)18-13(3,4)5/h11,15H,7-10H2,1-6H3. The molecule has 0 bridgehead atoms. The number of carbonyl (C=O) groups excluding carboxylic acids is 1. The highest BCUT2D eigenvalue weighted by molar-refractivity contribution is 5.68. The molecule has 0 saturated carbocycles. The second-order valence-electron chi connectivity index (χ2n) is 6.87. The van der Waals surface area contributed by atoms with Gasteiger partial charge in [0, 0.05) is 24.7 Å². The van der Waals surface area contributed by atoms with Crippen LogP contribution in [0, 0.1) is 0 Å². The molecule has 1 amide bonds. The zero-order valence-electron chi connectivity index (χ0n) is 12.7. The molecule has 1 saturated heterocycles. The van der Waals surface area contributed by atoms with Crippen LogP contribution in [-0.4, -0.2) is 41.3 Å².